The first kappa shape index (κ1) is 12.8. The van der Waals surface area contributed by atoms with Crippen molar-refractivity contribution in [3.63, 3.8) is 0 Å². The fourth-order valence-electron chi connectivity index (χ4n) is 1.04. The van der Waals surface area contributed by atoms with Gasteiger partial charge < -0.3 is 4.43 Å². The van der Waals surface area contributed by atoms with Gasteiger partial charge in [0.1, 0.15) is 4.46 Å². The first-order chi connectivity index (χ1) is 5.40. The van der Waals surface area contributed by atoms with E-state index in [1.165, 1.54) is 0 Å². The second-order valence-corrected chi connectivity index (χ2v) is 9.47. The van der Waals surface area contributed by atoms with E-state index in [0.717, 1.165) is 12.8 Å². The summed E-state index contributed by atoms with van der Waals surface area (Å²) in [7, 11) is -1.85. The van der Waals surface area contributed by atoms with Gasteiger partial charge in [0.15, 0.2) is 0 Å². The molecule has 0 radical (unpaired) electrons. The smallest absolute Gasteiger partial charge is 0.220 e. The van der Waals surface area contributed by atoms with Gasteiger partial charge in [0.25, 0.3) is 0 Å². The van der Waals surface area contributed by atoms with Gasteiger partial charge in [-0.15, -0.1) is 23.2 Å². The lowest BCUT2D eigenvalue weighted by Crippen LogP contribution is -2.41. The third-order valence-electron chi connectivity index (χ3n) is 1.73. The van der Waals surface area contributed by atoms with Gasteiger partial charge in [-0.1, -0.05) is 13.3 Å². The molecular formula is C8H18Cl2OSi. The lowest BCUT2D eigenvalue weighted by Gasteiger charge is -2.27. The van der Waals surface area contributed by atoms with Crippen molar-refractivity contribution in [1.29, 1.82) is 0 Å². The summed E-state index contributed by atoms with van der Waals surface area (Å²) in [6.45, 7) is 8.31. The van der Waals surface area contributed by atoms with Gasteiger partial charge in [0.05, 0.1) is 0 Å². The fourth-order valence-corrected chi connectivity index (χ4v) is 2.60. The third-order valence-corrected chi connectivity index (χ3v) is 6.94. The molecule has 74 valence electrons. The molecule has 0 aromatic carbocycles. The van der Waals surface area contributed by atoms with Crippen LogP contribution >= 0.6 is 23.2 Å². The second kappa shape index (κ2) is 5.48. The Bertz CT molecular complexity index is 128. The Morgan fingerprint density at radius 3 is 2.17 bits per heavy atom. The van der Waals surface area contributed by atoms with E-state index in [2.05, 4.69) is 13.8 Å². The SMILES string of the molecule is CCCC(C)O[Si](C)(C)C(Cl)Cl. The predicted octanol–water partition coefficient (Wildman–Crippen LogP) is 3.74. The molecule has 0 aliphatic heterocycles. The van der Waals surface area contributed by atoms with E-state index in [9.17, 15) is 0 Å². The van der Waals surface area contributed by atoms with Gasteiger partial charge in [-0.3, -0.25) is 0 Å². The molecule has 0 saturated heterocycles. The Hall–Kier alpha value is 0.757. The summed E-state index contributed by atoms with van der Waals surface area (Å²) in [6.07, 6.45) is 2.51. The van der Waals surface area contributed by atoms with Crippen molar-refractivity contribution in [3.05, 3.63) is 0 Å². The second-order valence-electron chi connectivity index (χ2n) is 3.62. The molecule has 0 amide bonds. The minimum Gasteiger partial charge on any atom is -0.412 e. The molecule has 12 heavy (non-hydrogen) atoms. The van der Waals surface area contributed by atoms with Crippen LogP contribution in [0.1, 0.15) is 26.7 Å². The zero-order chi connectivity index (χ0) is 9.78. The molecule has 0 aliphatic carbocycles. The summed E-state index contributed by atoms with van der Waals surface area (Å²) in [5.74, 6) is 0. The summed E-state index contributed by atoms with van der Waals surface area (Å²) in [4.78, 5) is 0. The Kier molecular flexibility index (Phi) is 5.82. The van der Waals surface area contributed by atoms with Crippen LogP contribution < -0.4 is 0 Å². The van der Waals surface area contributed by atoms with Crippen molar-refractivity contribution in [3.8, 4) is 0 Å². The van der Waals surface area contributed by atoms with Crippen LogP contribution in [0.2, 0.25) is 13.1 Å². The highest BCUT2D eigenvalue weighted by Crippen LogP contribution is 2.22. The van der Waals surface area contributed by atoms with E-state index in [1.807, 2.05) is 13.1 Å². The Morgan fingerprint density at radius 1 is 1.33 bits per heavy atom. The maximum Gasteiger partial charge on any atom is 0.220 e. The van der Waals surface area contributed by atoms with E-state index in [0.29, 0.717) is 0 Å². The molecule has 1 nitrogen and oxygen atoms in total. The van der Waals surface area contributed by atoms with Gasteiger partial charge in [-0.2, -0.15) is 0 Å². The van der Waals surface area contributed by atoms with Crippen molar-refractivity contribution in [2.24, 2.45) is 0 Å². The van der Waals surface area contributed by atoms with Crippen molar-refractivity contribution < 1.29 is 4.43 Å². The summed E-state index contributed by atoms with van der Waals surface area (Å²) in [5.41, 5.74) is 0. The minimum absolute atomic E-state index is 0.289. The molecular weight excluding hydrogens is 211 g/mol. The lowest BCUT2D eigenvalue weighted by molar-refractivity contribution is 0.201. The fraction of sp³-hybridized carbons (Fsp3) is 1.00. The Morgan fingerprint density at radius 2 is 1.83 bits per heavy atom. The molecule has 0 aromatic heterocycles. The summed E-state index contributed by atoms with van der Waals surface area (Å²) in [6, 6.07) is 0. The maximum absolute atomic E-state index is 5.82. The quantitative estimate of drug-likeness (QED) is 0.515. The molecule has 0 aromatic rings. The molecule has 1 unspecified atom stereocenters. The number of rotatable bonds is 5. The van der Waals surface area contributed by atoms with E-state index in [-0.39, 0.29) is 10.6 Å². The van der Waals surface area contributed by atoms with Crippen molar-refractivity contribution >= 4 is 31.5 Å². The zero-order valence-electron chi connectivity index (χ0n) is 8.23. The van der Waals surface area contributed by atoms with Gasteiger partial charge in [0.2, 0.25) is 8.32 Å². The van der Waals surface area contributed by atoms with E-state index < -0.39 is 8.32 Å². The predicted molar refractivity (Wildman–Crippen MR) is 58.4 cm³/mol. The van der Waals surface area contributed by atoms with Crippen molar-refractivity contribution in [2.75, 3.05) is 0 Å². The first-order valence-electron chi connectivity index (χ1n) is 4.36. The van der Waals surface area contributed by atoms with Crippen molar-refractivity contribution in [2.45, 2.75) is 50.3 Å². The summed E-state index contributed by atoms with van der Waals surface area (Å²) in [5, 5.41) is 0. The maximum atomic E-state index is 5.82. The minimum atomic E-state index is -1.85. The van der Waals surface area contributed by atoms with Crippen LogP contribution in [0, 0.1) is 0 Å². The van der Waals surface area contributed by atoms with Crippen LogP contribution in [0.15, 0.2) is 0 Å². The van der Waals surface area contributed by atoms with Gasteiger partial charge in [0, 0.05) is 6.10 Å². The number of halogens is 2. The molecule has 1 atom stereocenters. The van der Waals surface area contributed by atoms with E-state index in [4.69, 9.17) is 27.6 Å². The Balaban J connectivity index is 3.88. The summed E-state index contributed by atoms with van der Waals surface area (Å²) >= 11 is 11.6. The molecule has 0 heterocycles. The van der Waals surface area contributed by atoms with E-state index >= 15 is 0 Å². The average Bonchev–Trinajstić information content (AvgIpc) is 1.85. The highest BCUT2D eigenvalue weighted by Gasteiger charge is 2.32. The van der Waals surface area contributed by atoms with E-state index in [1.54, 1.807) is 0 Å². The molecule has 0 saturated carbocycles. The highest BCUT2D eigenvalue weighted by atomic mass is 35.5. The molecule has 0 rings (SSSR count). The molecule has 0 fully saturated rings. The lowest BCUT2D eigenvalue weighted by atomic mass is 10.2. The van der Waals surface area contributed by atoms with Gasteiger partial charge in [-0.05, 0) is 26.4 Å². The molecule has 0 aliphatic rings. The third kappa shape index (κ3) is 4.70. The van der Waals surface area contributed by atoms with Crippen LogP contribution in [0.3, 0.4) is 0 Å². The molecule has 0 N–H and O–H groups in total. The monoisotopic (exact) mass is 228 g/mol. The largest absolute Gasteiger partial charge is 0.412 e. The number of hydrogen-bond donors (Lipinski definition) is 0. The molecule has 4 heteroatoms. The van der Waals surface area contributed by atoms with Crippen LogP contribution in [0.25, 0.3) is 0 Å². The van der Waals surface area contributed by atoms with Gasteiger partial charge in [-0.25, -0.2) is 0 Å². The Labute approximate surface area is 86.5 Å². The number of hydrogen-bond acceptors (Lipinski definition) is 1. The molecule has 0 bridgehead atoms. The van der Waals surface area contributed by atoms with Gasteiger partial charge >= 0.3 is 0 Å². The average molecular weight is 229 g/mol. The highest BCUT2D eigenvalue weighted by molar-refractivity contribution is 6.88. The zero-order valence-corrected chi connectivity index (χ0v) is 10.7. The normalized spacial score (nSPS) is 15.2. The first-order valence-corrected chi connectivity index (χ1v) is 8.22. The number of alkyl halides is 2. The van der Waals surface area contributed by atoms with Crippen LogP contribution in [0.4, 0.5) is 0 Å². The topological polar surface area (TPSA) is 9.23 Å². The van der Waals surface area contributed by atoms with Crippen LogP contribution in [0.5, 0.6) is 0 Å². The summed E-state index contributed by atoms with van der Waals surface area (Å²) < 4.78 is 5.48. The standard InChI is InChI=1S/C8H18Cl2OSi/c1-5-6-7(2)11-12(3,4)8(9)10/h7-8H,5-6H2,1-4H3. The molecule has 0 spiro atoms. The van der Waals surface area contributed by atoms with Crippen molar-refractivity contribution in [1.82, 2.24) is 0 Å². The van der Waals surface area contributed by atoms with Crippen LogP contribution in [-0.2, 0) is 4.43 Å². The van der Waals surface area contributed by atoms with Crippen LogP contribution in [-0.4, -0.2) is 18.9 Å².